The molecule has 1 aliphatic rings. The highest BCUT2D eigenvalue weighted by Gasteiger charge is 2.29. The van der Waals surface area contributed by atoms with Gasteiger partial charge < -0.3 is 10.2 Å². The van der Waals surface area contributed by atoms with E-state index in [1.165, 1.54) is 5.56 Å². The molecule has 1 atom stereocenters. The Morgan fingerprint density at radius 3 is 2.77 bits per heavy atom. The van der Waals surface area contributed by atoms with Crippen molar-refractivity contribution >= 4 is 23.2 Å². The van der Waals surface area contributed by atoms with Crippen LogP contribution in [0.3, 0.4) is 0 Å². The van der Waals surface area contributed by atoms with E-state index in [1.54, 1.807) is 0 Å². The molecule has 2 aromatic carbocycles. The number of carbonyl (C=O) groups excluding carboxylic acids is 1. The molecule has 3 rings (SSSR count). The second-order valence-electron chi connectivity index (χ2n) is 5.64. The fourth-order valence-electron chi connectivity index (χ4n) is 2.98. The van der Waals surface area contributed by atoms with Gasteiger partial charge in [0.2, 0.25) is 5.91 Å². The van der Waals surface area contributed by atoms with E-state index in [-0.39, 0.29) is 11.9 Å². The normalized spacial score (nSPS) is 16.6. The fraction of sp³-hybridized carbons (Fsp3) is 0.278. The molecule has 1 unspecified atom stereocenters. The van der Waals surface area contributed by atoms with E-state index in [2.05, 4.69) is 18.3 Å². The van der Waals surface area contributed by atoms with Crippen LogP contribution in [0.25, 0.3) is 0 Å². The highest BCUT2D eigenvalue weighted by molar-refractivity contribution is 6.31. The fourth-order valence-corrected chi connectivity index (χ4v) is 3.18. The first-order chi connectivity index (χ1) is 10.7. The van der Waals surface area contributed by atoms with Crippen molar-refractivity contribution in [1.82, 2.24) is 5.32 Å². The van der Waals surface area contributed by atoms with Crippen molar-refractivity contribution in [1.29, 1.82) is 0 Å². The van der Waals surface area contributed by atoms with Crippen LogP contribution in [0.15, 0.2) is 48.5 Å². The molecule has 0 radical (unpaired) electrons. The summed E-state index contributed by atoms with van der Waals surface area (Å²) in [4.78, 5) is 14.4. The van der Waals surface area contributed by atoms with Gasteiger partial charge in [0.1, 0.15) is 0 Å². The van der Waals surface area contributed by atoms with Gasteiger partial charge in [-0.15, -0.1) is 0 Å². The highest BCUT2D eigenvalue weighted by atomic mass is 35.5. The lowest BCUT2D eigenvalue weighted by Gasteiger charge is -2.23. The first-order valence-electron chi connectivity index (χ1n) is 7.51. The molecular weight excluding hydrogens is 296 g/mol. The number of rotatable bonds is 4. The van der Waals surface area contributed by atoms with E-state index in [1.807, 2.05) is 47.4 Å². The first kappa shape index (κ1) is 15.1. The van der Waals surface area contributed by atoms with Crippen LogP contribution in [-0.4, -0.2) is 18.5 Å². The predicted molar refractivity (Wildman–Crippen MR) is 90.3 cm³/mol. The Morgan fingerprint density at radius 1 is 1.23 bits per heavy atom. The molecule has 0 spiro atoms. The Morgan fingerprint density at radius 2 is 1.95 bits per heavy atom. The van der Waals surface area contributed by atoms with Crippen molar-refractivity contribution < 1.29 is 4.79 Å². The van der Waals surface area contributed by atoms with E-state index >= 15 is 0 Å². The summed E-state index contributed by atoms with van der Waals surface area (Å²) >= 11 is 6.12. The van der Waals surface area contributed by atoms with Gasteiger partial charge in [-0.3, -0.25) is 4.79 Å². The van der Waals surface area contributed by atoms with Crippen molar-refractivity contribution in [3.8, 4) is 0 Å². The molecule has 1 heterocycles. The van der Waals surface area contributed by atoms with Crippen molar-refractivity contribution in [2.24, 2.45) is 0 Å². The van der Waals surface area contributed by atoms with Crippen molar-refractivity contribution in [2.45, 2.75) is 25.9 Å². The molecule has 0 bridgehead atoms. The Labute approximate surface area is 135 Å². The Bertz CT molecular complexity index is 686. The molecule has 3 nitrogen and oxygen atoms in total. The third-order valence-electron chi connectivity index (χ3n) is 4.03. The van der Waals surface area contributed by atoms with Gasteiger partial charge >= 0.3 is 0 Å². The topological polar surface area (TPSA) is 32.3 Å². The number of nitrogens with one attached hydrogen (secondary N) is 1. The maximum Gasteiger partial charge on any atom is 0.241 e. The zero-order valence-corrected chi connectivity index (χ0v) is 13.3. The number of carbonyl (C=O) groups is 1. The highest BCUT2D eigenvalue weighted by Crippen LogP contribution is 2.31. The number of amides is 1. The maximum atomic E-state index is 12.5. The minimum absolute atomic E-state index is 0.101. The van der Waals surface area contributed by atoms with Crippen LogP contribution in [0.5, 0.6) is 0 Å². The van der Waals surface area contributed by atoms with Crippen LogP contribution in [0.4, 0.5) is 5.69 Å². The summed E-state index contributed by atoms with van der Waals surface area (Å²) in [5.41, 5.74) is 3.29. The number of anilines is 1. The van der Waals surface area contributed by atoms with Crippen molar-refractivity contribution in [3.63, 3.8) is 0 Å². The third kappa shape index (κ3) is 3.01. The summed E-state index contributed by atoms with van der Waals surface area (Å²) in [5.74, 6) is 0.101. The van der Waals surface area contributed by atoms with Gasteiger partial charge in [0.05, 0.1) is 6.54 Å². The number of hydrogen-bond donors (Lipinski definition) is 1. The zero-order chi connectivity index (χ0) is 15.5. The largest absolute Gasteiger partial charge is 0.308 e. The summed E-state index contributed by atoms with van der Waals surface area (Å²) in [7, 11) is 0. The number of hydrogen-bond acceptors (Lipinski definition) is 2. The quantitative estimate of drug-likeness (QED) is 0.938. The molecule has 1 aliphatic heterocycles. The summed E-state index contributed by atoms with van der Waals surface area (Å²) in [6.07, 6.45) is 0.923. The minimum Gasteiger partial charge on any atom is -0.308 e. The molecule has 2 aromatic rings. The van der Waals surface area contributed by atoms with Crippen LogP contribution in [0, 0.1) is 0 Å². The Hall–Kier alpha value is -1.84. The van der Waals surface area contributed by atoms with Gasteiger partial charge in [-0.1, -0.05) is 48.0 Å². The van der Waals surface area contributed by atoms with E-state index in [0.717, 1.165) is 22.7 Å². The summed E-state index contributed by atoms with van der Waals surface area (Å²) in [6, 6.07) is 16.0. The summed E-state index contributed by atoms with van der Waals surface area (Å²) in [5, 5.41) is 3.92. The van der Waals surface area contributed by atoms with Crippen LogP contribution >= 0.6 is 11.6 Å². The van der Waals surface area contributed by atoms with Gasteiger partial charge in [-0.05, 0) is 36.6 Å². The number of halogens is 1. The molecular formula is C18H19ClN2O. The lowest BCUT2D eigenvalue weighted by Crippen LogP contribution is -2.41. The zero-order valence-electron chi connectivity index (χ0n) is 12.6. The van der Waals surface area contributed by atoms with Crippen molar-refractivity contribution in [2.75, 3.05) is 11.4 Å². The SMILES string of the molecule is CC1Cc2ccccc2N1C(=O)CNCc1ccccc1Cl. The summed E-state index contributed by atoms with van der Waals surface area (Å²) in [6.45, 7) is 2.99. The van der Waals surface area contributed by atoms with Crippen molar-refractivity contribution in [3.05, 3.63) is 64.7 Å². The number of benzene rings is 2. The van der Waals surface area contributed by atoms with E-state index in [4.69, 9.17) is 11.6 Å². The number of fused-ring (bicyclic) bond motifs is 1. The van der Waals surface area contributed by atoms with E-state index in [9.17, 15) is 4.79 Å². The molecule has 0 fully saturated rings. The molecule has 0 saturated carbocycles. The van der Waals surface area contributed by atoms with Gasteiger partial charge in [0, 0.05) is 23.3 Å². The second-order valence-corrected chi connectivity index (χ2v) is 6.05. The molecule has 22 heavy (non-hydrogen) atoms. The Balaban J connectivity index is 1.62. The average molecular weight is 315 g/mol. The van der Waals surface area contributed by atoms with E-state index in [0.29, 0.717) is 13.1 Å². The van der Waals surface area contributed by atoms with Gasteiger partial charge in [0.25, 0.3) is 0 Å². The van der Waals surface area contributed by atoms with Gasteiger partial charge in [-0.25, -0.2) is 0 Å². The molecule has 0 saturated heterocycles. The van der Waals surface area contributed by atoms with Gasteiger partial charge in [0.15, 0.2) is 0 Å². The molecule has 1 amide bonds. The minimum atomic E-state index is 0.101. The van der Waals surface area contributed by atoms with Crippen LogP contribution in [0.2, 0.25) is 5.02 Å². The smallest absolute Gasteiger partial charge is 0.241 e. The van der Waals surface area contributed by atoms with Gasteiger partial charge in [-0.2, -0.15) is 0 Å². The van der Waals surface area contributed by atoms with Crippen LogP contribution in [0.1, 0.15) is 18.1 Å². The van der Waals surface area contributed by atoms with Crippen LogP contribution in [-0.2, 0) is 17.8 Å². The van der Waals surface area contributed by atoms with E-state index < -0.39 is 0 Å². The summed E-state index contributed by atoms with van der Waals surface area (Å²) < 4.78 is 0. The molecule has 114 valence electrons. The molecule has 0 aromatic heterocycles. The maximum absolute atomic E-state index is 12.5. The average Bonchev–Trinajstić information content (AvgIpc) is 2.85. The second kappa shape index (κ2) is 6.51. The number of para-hydroxylation sites is 1. The third-order valence-corrected chi connectivity index (χ3v) is 4.39. The number of nitrogens with zero attached hydrogens (tertiary/aromatic N) is 1. The predicted octanol–water partition coefficient (Wildman–Crippen LogP) is 3.41. The van der Waals surface area contributed by atoms with Crippen LogP contribution < -0.4 is 10.2 Å². The first-order valence-corrected chi connectivity index (χ1v) is 7.88. The molecule has 0 aliphatic carbocycles. The Kier molecular flexibility index (Phi) is 4.46. The lowest BCUT2D eigenvalue weighted by molar-refractivity contribution is -0.118. The monoisotopic (exact) mass is 314 g/mol. The molecule has 1 N–H and O–H groups in total. The standard InChI is InChI=1S/C18H19ClN2O/c1-13-10-14-6-3-5-9-17(14)21(13)18(22)12-20-11-15-7-2-4-8-16(15)19/h2-9,13,20H,10-12H2,1H3. The lowest BCUT2D eigenvalue weighted by atomic mass is 10.1. The molecule has 4 heteroatoms.